The van der Waals surface area contributed by atoms with Gasteiger partial charge in [0.05, 0.1) is 18.8 Å². The molecule has 0 aromatic carbocycles. The van der Waals surface area contributed by atoms with Crippen molar-refractivity contribution in [1.29, 1.82) is 0 Å². The Morgan fingerprint density at radius 1 is 1.69 bits per heavy atom. The molecule has 1 aliphatic rings. The van der Waals surface area contributed by atoms with Crippen molar-refractivity contribution in [2.45, 2.75) is 45.0 Å². The molecular weight excluding hydrogens is 168 g/mol. The van der Waals surface area contributed by atoms with Crippen LogP contribution in [0.1, 0.15) is 26.7 Å². The highest BCUT2D eigenvalue weighted by Crippen LogP contribution is 2.22. The molecule has 1 aliphatic heterocycles. The number of hydrogen-bond acceptors (Lipinski definition) is 3. The molecule has 2 N–H and O–H groups in total. The highest BCUT2D eigenvalue weighted by atomic mass is 16.5. The number of aliphatic hydroxyl groups excluding tert-OH is 2. The van der Waals surface area contributed by atoms with Gasteiger partial charge in [0.15, 0.2) is 0 Å². The molecule has 3 atom stereocenters. The van der Waals surface area contributed by atoms with E-state index < -0.39 is 6.10 Å². The van der Waals surface area contributed by atoms with Crippen molar-refractivity contribution in [1.82, 2.24) is 0 Å². The largest absolute Gasteiger partial charge is 0.394 e. The van der Waals surface area contributed by atoms with Gasteiger partial charge in [-0.1, -0.05) is 13.0 Å². The fourth-order valence-electron chi connectivity index (χ4n) is 1.59. The Bertz CT molecular complexity index is 189. The summed E-state index contributed by atoms with van der Waals surface area (Å²) >= 11 is 0. The van der Waals surface area contributed by atoms with E-state index in [9.17, 15) is 5.11 Å². The van der Waals surface area contributed by atoms with Crippen LogP contribution in [-0.4, -0.2) is 35.1 Å². The monoisotopic (exact) mass is 186 g/mol. The molecule has 0 aliphatic carbocycles. The van der Waals surface area contributed by atoms with Gasteiger partial charge in [-0.3, -0.25) is 0 Å². The normalized spacial score (nSPS) is 31.2. The van der Waals surface area contributed by atoms with Gasteiger partial charge in [-0.25, -0.2) is 0 Å². The van der Waals surface area contributed by atoms with Gasteiger partial charge in [0.25, 0.3) is 0 Å². The molecule has 1 heterocycles. The van der Waals surface area contributed by atoms with Crippen molar-refractivity contribution >= 4 is 0 Å². The Kier molecular flexibility index (Phi) is 3.90. The second kappa shape index (κ2) is 4.74. The molecule has 76 valence electrons. The average Bonchev–Trinajstić information content (AvgIpc) is 2.17. The number of ether oxygens (including phenoxy) is 1. The minimum absolute atomic E-state index is 0.111. The Hall–Kier alpha value is -0.380. The lowest BCUT2D eigenvalue weighted by molar-refractivity contribution is -0.0858. The van der Waals surface area contributed by atoms with Crippen molar-refractivity contribution in [3.05, 3.63) is 11.6 Å². The topological polar surface area (TPSA) is 49.7 Å². The first-order chi connectivity index (χ1) is 6.19. The molecule has 1 rings (SSSR count). The Labute approximate surface area is 79.0 Å². The molecule has 3 unspecified atom stereocenters. The molecule has 0 bridgehead atoms. The van der Waals surface area contributed by atoms with Crippen LogP contribution in [0, 0.1) is 0 Å². The second-order valence-corrected chi connectivity index (χ2v) is 3.51. The molecule has 0 saturated heterocycles. The summed E-state index contributed by atoms with van der Waals surface area (Å²) in [7, 11) is 0. The molecule has 0 saturated carbocycles. The predicted octanol–water partition coefficient (Wildman–Crippen LogP) is 0.853. The van der Waals surface area contributed by atoms with Crippen LogP contribution < -0.4 is 0 Å². The fourth-order valence-corrected chi connectivity index (χ4v) is 1.59. The van der Waals surface area contributed by atoms with Crippen LogP contribution in [0.3, 0.4) is 0 Å². The molecular formula is C10H18O3. The van der Waals surface area contributed by atoms with E-state index in [1.165, 1.54) is 5.57 Å². The number of rotatable bonds is 3. The summed E-state index contributed by atoms with van der Waals surface area (Å²) < 4.78 is 5.62. The Morgan fingerprint density at radius 3 is 2.92 bits per heavy atom. The third kappa shape index (κ3) is 2.53. The van der Waals surface area contributed by atoms with Crippen molar-refractivity contribution in [3.63, 3.8) is 0 Å². The van der Waals surface area contributed by atoms with Crippen LogP contribution >= 0.6 is 0 Å². The molecule has 0 spiro atoms. The van der Waals surface area contributed by atoms with Crippen molar-refractivity contribution in [2.24, 2.45) is 0 Å². The van der Waals surface area contributed by atoms with E-state index in [-0.39, 0.29) is 18.8 Å². The third-order valence-electron chi connectivity index (χ3n) is 2.51. The zero-order valence-electron chi connectivity index (χ0n) is 8.23. The molecule has 13 heavy (non-hydrogen) atoms. The first-order valence-electron chi connectivity index (χ1n) is 4.80. The lowest BCUT2D eigenvalue weighted by atomic mass is 10.00. The standard InChI is InChI=1S/C10H18O3/c1-3-9-7(2)4-5-10(13-9)8(12)6-11/h4,8-12H,3,5-6H2,1-2H3. The van der Waals surface area contributed by atoms with Gasteiger partial charge in [0.1, 0.15) is 6.10 Å². The van der Waals surface area contributed by atoms with E-state index in [0.29, 0.717) is 6.42 Å². The molecule has 0 aromatic heterocycles. The van der Waals surface area contributed by atoms with Gasteiger partial charge >= 0.3 is 0 Å². The first-order valence-corrected chi connectivity index (χ1v) is 4.80. The van der Waals surface area contributed by atoms with Gasteiger partial charge in [-0.15, -0.1) is 0 Å². The summed E-state index contributed by atoms with van der Waals surface area (Å²) in [6, 6.07) is 0. The molecule has 0 amide bonds. The highest BCUT2D eigenvalue weighted by Gasteiger charge is 2.26. The Morgan fingerprint density at radius 2 is 2.38 bits per heavy atom. The first kappa shape index (κ1) is 10.7. The summed E-state index contributed by atoms with van der Waals surface area (Å²) in [5.74, 6) is 0. The van der Waals surface area contributed by atoms with Gasteiger partial charge in [-0.2, -0.15) is 0 Å². The second-order valence-electron chi connectivity index (χ2n) is 3.51. The molecule has 0 radical (unpaired) electrons. The van der Waals surface area contributed by atoms with Crippen LogP contribution in [0.4, 0.5) is 0 Å². The van der Waals surface area contributed by atoms with Gasteiger partial charge in [0, 0.05) is 0 Å². The van der Waals surface area contributed by atoms with E-state index in [4.69, 9.17) is 9.84 Å². The molecule has 0 fully saturated rings. The van der Waals surface area contributed by atoms with E-state index >= 15 is 0 Å². The molecule has 3 nitrogen and oxygen atoms in total. The maximum absolute atomic E-state index is 9.38. The van der Waals surface area contributed by atoms with Crippen molar-refractivity contribution < 1.29 is 14.9 Å². The third-order valence-corrected chi connectivity index (χ3v) is 2.51. The van der Waals surface area contributed by atoms with E-state index in [2.05, 4.69) is 13.0 Å². The van der Waals surface area contributed by atoms with Crippen molar-refractivity contribution in [3.8, 4) is 0 Å². The predicted molar refractivity (Wildman–Crippen MR) is 50.4 cm³/mol. The van der Waals surface area contributed by atoms with Crippen LogP contribution in [0.25, 0.3) is 0 Å². The average molecular weight is 186 g/mol. The number of hydrogen-bond donors (Lipinski definition) is 2. The summed E-state index contributed by atoms with van der Waals surface area (Å²) in [4.78, 5) is 0. The lowest BCUT2D eigenvalue weighted by Crippen LogP contribution is -2.37. The van der Waals surface area contributed by atoms with E-state index in [0.717, 1.165) is 6.42 Å². The van der Waals surface area contributed by atoms with Gasteiger partial charge in [0.2, 0.25) is 0 Å². The summed E-state index contributed by atoms with van der Waals surface area (Å²) in [6.07, 6.45) is 2.82. The van der Waals surface area contributed by atoms with E-state index in [1.807, 2.05) is 6.92 Å². The molecule has 0 aromatic rings. The van der Waals surface area contributed by atoms with E-state index in [1.54, 1.807) is 0 Å². The fraction of sp³-hybridized carbons (Fsp3) is 0.800. The van der Waals surface area contributed by atoms with Gasteiger partial charge in [-0.05, 0) is 25.3 Å². The highest BCUT2D eigenvalue weighted by molar-refractivity contribution is 5.09. The minimum Gasteiger partial charge on any atom is -0.394 e. The van der Waals surface area contributed by atoms with Crippen LogP contribution in [0.5, 0.6) is 0 Å². The van der Waals surface area contributed by atoms with Crippen LogP contribution in [0.15, 0.2) is 11.6 Å². The number of aliphatic hydroxyl groups is 2. The maximum Gasteiger partial charge on any atom is 0.103 e. The van der Waals surface area contributed by atoms with Gasteiger partial charge < -0.3 is 14.9 Å². The molecule has 3 heteroatoms. The summed E-state index contributed by atoms with van der Waals surface area (Å²) in [5.41, 5.74) is 1.23. The zero-order chi connectivity index (χ0) is 9.84. The lowest BCUT2D eigenvalue weighted by Gasteiger charge is -2.31. The quantitative estimate of drug-likeness (QED) is 0.642. The van der Waals surface area contributed by atoms with Crippen LogP contribution in [0.2, 0.25) is 0 Å². The SMILES string of the molecule is CCC1OC(C(O)CO)CC=C1C. The minimum atomic E-state index is -0.751. The summed E-state index contributed by atoms with van der Waals surface area (Å²) in [6.45, 7) is 3.86. The Balaban J connectivity index is 2.56. The smallest absolute Gasteiger partial charge is 0.103 e. The summed E-state index contributed by atoms with van der Waals surface area (Å²) in [5, 5.41) is 18.1. The van der Waals surface area contributed by atoms with Crippen LogP contribution in [-0.2, 0) is 4.74 Å². The van der Waals surface area contributed by atoms with Crippen molar-refractivity contribution in [2.75, 3.05) is 6.61 Å². The zero-order valence-corrected chi connectivity index (χ0v) is 8.23. The maximum atomic E-state index is 9.38.